The van der Waals surface area contributed by atoms with Crippen LogP contribution in [0.1, 0.15) is 79.4 Å². The van der Waals surface area contributed by atoms with Crippen LogP contribution in [0, 0.1) is 0 Å². The lowest BCUT2D eigenvalue weighted by molar-refractivity contribution is 0.0921. The van der Waals surface area contributed by atoms with Gasteiger partial charge < -0.3 is 14.6 Å². The highest BCUT2D eigenvalue weighted by molar-refractivity contribution is 7.98. The molecule has 7 nitrogen and oxygen atoms in total. The molecule has 1 amide bonds. The predicted octanol–water partition coefficient (Wildman–Crippen LogP) is 5.58. The Labute approximate surface area is 205 Å². The molecule has 0 radical (unpaired) electrons. The van der Waals surface area contributed by atoms with E-state index in [0.29, 0.717) is 30.0 Å². The Balaban J connectivity index is 1.39. The molecule has 1 fully saturated rings. The number of aromatic nitrogens is 3. The van der Waals surface area contributed by atoms with Gasteiger partial charge in [-0.25, -0.2) is 9.97 Å². The van der Waals surface area contributed by atoms with Crippen LogP contribution in [0.5, 0.6) is 0 Å². The van der Waals surface area contributed by atoms with Crippen LogP contribution in [-0.4, -0.2) is 33.9 Å². The summed E-state index contributed by atoms with van der Waals surface area (Å²) >= 11 is 1.54. The van der Waals surface area contributed by atoms with Gasteiger partial charge in [0.25, 0.3) is 5.91 Å². The first kappa shape index (κ1) is 24.3. The van der Waals surface area contributed by atoms with Gasteiger partial charge in [-0.1, -0.05) is 50.9 Å². The molecule has 1 aliphatic carbocycles. The highest BCUT2D eigenvalue weighted by atomic mass is 32.2. The minimum Gasteiger partial charge on any atom is -0.455 e. The maximum atomic E-state index is 12.4. The normalized spacial score (nSPS) is 14.4. The van der Waals surface area contributed by atoms with Gasteiger partial charge in [-0.15, -0.1) is 0 Å². The molecule has 4 rings (SSSR count). The zero-order valence-corrected chi connectivity index (χ0v) is 21.0. The van der Waals surface area contributed by atoms with Crippen LogP contribution in [0.15, 0.2) is 52.3 Å². The lowest BCUT2D eigenvalue weighted by Crippen LogP contribution is -2.34. The van der Waals surface area contributed by atoms with E-state index in [2.05, 4.69) is 42.2 Å². The highest BCUT2D eigenvalue weighted by Crippen LogP contribution is 2.29. The smallest absolute Gasteiger partial charge is 0.287 e. The van der Waals surface area contributed by atoms with Crippen molar-refractivity contribution in [2.45, 2.75) is 75.4 Å². The molecule has 8 heteroatoms. The summed E-state index contributed by atoms with van der Waals surface area (Å²) in [6.07, 6.45) is 9.79. The molecule has 3 aromatic heterocycles. The van der Waals surface area contributed by atoms with Crippen LogP contribution >= 0.6 is 11.8 Å². The van der Waals surface area contributed by atoms with Gasteiger partial charge in [0.05, 0.1) is 5.75 Å². The second-order valence-electron chi connectivity index (χ2n) is 9.09. The standard InChI is InChI=1S/C26H33N5O2S/c1-18(2)22-14-24(31(3)20-9-5-4-6-10-20)30-26(29-22)34-17-21-11-12-23(33-21)25(32)28-16-19-8-7-13-27-15-19/h7-8,11-15,18,20H,4-6,9-10,16-17H2,1-3H3,(H,28,32). The molecule has 3 aromatic rings. The van der Waals surface area contributed by atoms with Crippen molar-refractivity contribution in [3.8, 4) is 0 Å². The van der Waals surface area contributed by atoms with E-state index in [4.69, 9.17) is 14.4 Å². The van der Waals surface area contributed by atoms with E-state index in [1.165, 1.54) is 43.9 Å². The zero-order valence-electron chi connectivity index (χ0n) is 20.2. The van der Waals surface area contributed by atoms with Gasteiger partial charge in [0.2, 0.25) is 0 Å². The molecule has 3 heterocycles. The Kier molecular flexibility index (Phi) is 8.21. The van der Waals surface area contributed by atoms with E-state index in [1.54, 1.807) is 18.5 Å². The van der Waals surface area contributed by atoms with Crippen LogP contribution in [0.3, 0.4) is 0 Å². The van der Waals surface area contributed by atoms with Gasteiger partial charge in [-0.05, 0) is 42.5 Å². The first-order chi connectivity index (χ1) is 16.5. The summed E-state index contributed by atoms with van der Waals surface area (Å²) in [4.78, 5) is 28.5. The lowest BCUT2D eigenvalue weighted by atomic mass is 9.94. The molecule has 0 spiro atoms. The number of nitrogens with one attached hydrogen (secondary N) is 1. The number of furan rings is 1. The molecular weight excluding hydrogens is 446 g/mol. The van der Waals surface area contributed by atoms with Crippen molar-refractivity contribution >= 4 is 23.5 Å². The number of amides is 1. The zero-order chi connectivity index (χ0) is 23.9. The average Bonchev–Trinajstić information content (AvgIpc) is 3.36. The topological polar surface area (TPSA) is 84.2 Å². The minimum absolute atomic E-state index is 0.241. The Morgan fingerprint density at radius 3 is 2.76 bits per heavy atom. The summed E-state index contributed by atoms with van der Waals surface area (Å²) in [5.74, 6) is 2.65. The van der Waals surface area contributed by atoms with E-state index >= 15 is 0 Å². The Morgan fingerprint density at radius 1 is 1.21 bits per heavy atom. The fraction of sp³-hybridized carbons (Fsp3) is 0.462. The number of thioether (sulfide) groups is 1. The molecule has 0 saturated heterocycles. The molecule has 0 unspecified atom stereocenters. The van der Waals surface area contributed by atoms with Crippen molar-refractivity contribution in [1.82, 2.24) is 20.3 Å². The largest absolute Gasteiger partial charge is 0.455 e. The molecule has 1 aliphatic rings. The molecule has 0 bridgehead atoms. The maximum Gasteiger partial charge on any atom is 0.287 e. The third kappa shape index (κ3) is 6.38. The van der Waals surface area contributed by atoms with Crippen LogP contribution in [0.2, 0.25) is 0 Å². The molecule has 1 saturated carbocycles. The number of carbonyl (C=O) groups excluding carboxylic acids is 1. The van der Waals surface area contributed by atoms with Crippen LogP contribution in [0.4, 0.5) is 5.82 Å². The summed E-state index contributed by atoms with van der Waals surface area (Å²) < 4.78 is 5.79. The predicted molar refractivity (Wildman–Crippen MR) is 135 cm³/mol. The molecule has 1 N–H and O–H groups in total. The van der Waals surface area contributed by atoms with Crippen molar-refractivity contribution in [3.05, 3.63) is 65.5 Å². The van der Waals surface area contributed by atoms with Crippen LogP contribution in [0.25, 0.3) is 0 Å². The van der Waals surface area contributed by atoms with Gasteiger partial charge in [-0.2, -0.15) is 0 Å². The van der Waals surface area contributed by atoms with Gasteiger partial charge in [0, 0.05) is 43.8 Å². The van der Waals surface area contributed by atoms with Crippen molar-refractivity contribution in [3.63, 3.8) is 0 Å². The van der Waals surface area contributed by atoms with Gasteiger partial charge in [-0.3, -0.25) is 9.78 Å². The van der Waals surface area contributed by atoms with Gasteiger partial charge in [0.1, 0.15) is 11.6 Å². The summed E-state index contributed by atoms with van der Waals surface area (Å²) in [6.45, 7) is 4.72. The summed E-state index contributed by atoms with van der Waals surface area (Å²) in [6, 6.07) is 9.98. The Bertz CT molecular complexity index is 1080. The van der Waals surface area contributed by atoms with Gasteiger partial charge in [0.15, 0.2) is 10.9 Å². The quantitative estimate of drug-likeness (QED) is 0.317. The lowest BCUT2D eigenvalue weighted by Gasteiger charge is -2.32. The summed E-state index contributed by atoms with van der Waals surface area (Å²) in [5.41, 5.74) is 1.99. The van der Waals surface area contributed by atoms with E-state index < -0.39 is 0 Å². The van der Waals surface area contributed by atoms with E-state index in [-0.39, 0.29) is 5.91 Å². The molecule has 0 aromatic carbocycles. The molecule has 180 valence electrons. The Morgan fingerprint density at radius 2 is 2.03 bits per heavy atom. The van der Waals surface area contributed by atoms with Crippen molar-refractivity contribution in [2.24, 2.45) is 0 Å². The van der Waals surface area contributed by atoms with E-state index in [1.807, 2.05) is 18.2 Å². The molecular formula is C26H33N5O2S. The van der Waals surface area contributed by atoms with E-state index in [9.17, 15) is 4.79 Å². The first-order valence-corrected chi connectivity index (χ1v) is 13.0. The number of rotatable bonds is 9. The fourth-order valence-corrected chi connectivity index (χ4v) is 4.87. The number of carbonyl (C=O) groups is 1. The number of anilines is 1. The van der Waals surface area contributed by atoms with Crippen molar-refractivity contribution < 1.29 is 9.21 Å². The third-order valence-electron chi connectivity index (χ3n) is 6.19. The monoisotopic (exact) mass is 479 g/mol. The Hall–Kier alpha value is -2.87. The van der Waals surface area contributed by atoms with Crippen LogP contribution in [-0.2, 0) is 12.3 Å². The highest BCUT2D eigenvalue weighted by Gasteiger charge is 2.21. The summed E-state index contributed by atoms with van der Waals surface area (Å²) in [5, 5.41) is 3.60. The third-order valence-corrected chi connectivity index (χ3v) is 7.06. The molecule has 0 aliphatic heterocycles. The van der Waals surface area contributed by atoms with Crippen molar-refractivity contribution in [2.75, 3.05) is 11.9 Å². The fourth-order valence-electron chi connectivity index (χ4n) is 4.11. The van der Waals surface area contributed by atoms with Gasteiger partial charge >= 0.3 is 0 Å². The molecule has 34 heavy (non-hydrogen) atoms. The number of hydrogen-bond acceptors (Lipinski definition) is 7. The van der Waals surface area contributed by atoms with Crippen molar-refractivity contribution in [1.29, 1.82) is 0 Å². The second kappa shape index (κ2) is 11.5. The van der Waals surface area contributed by atoms with Crippen LogP contribution < -0.4 is 10.2 Å². The summed E-state index contributed by atoms with van der Waals surface area (Å²) in [7, 11) is 2.15. The number of nitrogens with zero attached hydrogens (tertiary/aromatic N) is 4. The number of hydrogen-bond donors (Lipinski definition) is 1. The minimum atomic E-state index is -0.241. The number of pyridine rings is 1. The molecule has 0 atom stereocenters. The second-order valence-corrected chi connectivity index (χ2v) is 10.0. The first-order valence-electron chi connectivity index (χ1n) is 12.0. The SMILES string of the molecule is CC(C)c1cc(N(C)C2CCCCC2)nc(SCc2ccc(C(=O)NCc3cccnc3)o2)n1. The average molecular weight is 480 g/mol. The maximum absolute atomic E-state index is 12.4. The van der Waals surface area contributed by atoms with E-state index in [0.717, 1.165) is 28.0 Å².